The number of carbonyl (C=O) groups excluding carboxylic acids is 1. The second kappa shape index (κ2) is 14.1. The zero-order chi connectivity index (χ0) is 16.9. The van der Waals surface area contributed by atoms with Gasteiger partial charge >= 0.3 is 0 Å². The minimum absolute atomic E-state index is 0. The van der Waals surface area contributed by atoms with Gasteiger partial charge in [0.15, 0.2) is 5.96 Å². The Balaban J connectivity index is 0.00000529. The van der Waals surface area contributed by atoms with E-state index in [0.29, 0.717) is 25.4 Å². The maximum atomic E-state index is 11.8. The van der Waals surface area contributed by atoms with E-state index in [1.54, 1.807) is 7.05 Å². The number of nitrogens with one attached hydrogen (secondary N) is 3. The van der Waals surface area contributed by atoms with E-state index in [9.17, 15) is 4.79 Å². The second-order valence-electron chi connectivity index (χ2n) is 5.57. The fourth-order valence-electron chi connectivity index (χ4n) is 2.22. The number of aliphatic imine (C=N–C) groups is 1. The third kappa shape index (κ3) is 9.75. The molecule has 0 saturated heterocycles. The number of nitrogens with zero attached hydrogens (tertiary/aromatic N) is 1. The Morgan fingerprint density at radius 3 is 2.33 bits per heavy atom. The molecule has 1 aromatic rings. The normalized spacial score (nSPS) is 10.9. The largest absolute Gasteiger partial charge is 0.356 e. The van der Waals surface area contributed by atoms with Crippen molar-refractivity contribution < 1.29 is 4.79 Å². The minimum Gasteiger partial charge on any atom is -0.356 e. The summed E-state index contributed by atoms with van der Waals surface area (Å²) in [5.41, 5.74) is 1.11. The molecule has 0 heterocycles. The van der Waals surface area contributed by atoms with Crippen LogP contribution in [0.3, 0.4) is 0 Å². The lowest BCUT2D eigenvalue weighted by atomic mass is 10.0. The average molecular weight is 446 g/mol. The molecule has 6 heteroatoms. The Morgan fingerprint density at radius 2 is 1.75 bits per heavy atom. The second-order valence-corrected chi connectivity index (χ2v) is 5.57. The predicted molar refractivity (Wildman–Crippen MR) is 112 cm³/mol. The highest BCUT2D eigenvalue weighted by Gasteiger charge is 2.06. The quantitative estimate of drug-likeness (QED) is 0.311. The maximum absolute atomic E-state index is 11.8. The number of benzene rings is 1. The third-order valence-electron chi connectivity index (χ3n) is 3.91. The third-order valence-corrected chi connectivity index (χ3v) is 3.91. The van der Waals surface area contributed by atoms with E-state index < -0.39 is 0 Å². The molecule has 1 aromatic carbocycles. The van der Waals surface area contributed by atoms with Crippen molar-refractivity contribution in [3.8, 4) is 0 Å². The average Bonchev–Trinajstić information content (AvgIpc) is 2.60. The lowest BCUT2D eigenvalue weighted by Crippen LogP contribution is -2.41. The van der Waals surface area contributed by atoms with Crippen LogP contribution in [-0.4, -0.2) is 32.0 Å². The smallest absolute Gasteiger partial charge is 0.222 e. The molecule has 0 saturated carbocycles. The molecule has 0 radical (unpaired) electrons. The van der Waals surface area contributed by atoms with Gasteiger partial charge in [-0.3, -0.25) is 9.79 Å². The van der Waals surface area contributed by atoms with Gasteiger partial charge < -0.3 is 16.0 Å². The summed E-state index contributed by atoms with van der Waals surface area (Å²) in [4.78, 5) is 16.0. The van der Waals surface area contributed by atoms with Crippen molar-refractivity contribution in [1.82, 2.24) is 16.0 Å². The lowest BCUT2D eigenvalue weighted by Gasteiger charge is -2.16. The van der Waals surface area contributed by atoms with Crippen molar-refractivity contribution in [2.45, 2.75) is 39.7 Å². The lowest BCUT2D eigenvalue weighted by molar-refractivity contribution is -0.121. The number of amides is 1. The minimum atomic E-state index is 0. The van der Waals surface area contributed by atoms with E-state index in [2.05, 4.69) is 34.8 Å². The summed E-state index contributed by atoms with van der Waals surface area (Å²) in [6, 6.07) is 9.91. The van der Waals surface area contributed by atoms with E-state index in [0.717, 1.165) is 30.9 Å². The van der Waals surface area contributed by atoms with Crippen LogP contribution < -0.4 is 16.0 Å². The molecular formula is C18H31IN4O. The first-order valence-corrected chi connectivity index (χ1v) is 8.44. The van der Waals surface area contributed by atoms with Crippen molar-refractivity contribution in [2.24, 2.45) is 10.9 Å². The van der Waals surface area contributed by atoms with Crippen LogP contribution in [0.5, 0.6) is 0 Å². The monoisotopic (exact) mass is 446 g/mol. The van der Waals surface area contributed by atoms with Gasteiger partial charge in [0.2, 0.25) is 5.91 Å². The molecule has 0 aliphatic heterocycles. The van der Waals surface area contributed by atoms with Crippen LogP contribution in [0.25, 0.3) is 0 Å². The SMILES string of the molecule is CCC(CC)CNC(=NC)NCCC(=O)NCc1ccccc1.I. The van der Waals surface area contributed by atoms with E-state index in [1.807, 2.05) is 30.3 Å². The summed E-state index contributed by atoms with van der Waals surface area (Å²) < 4.78 is 0. The number of carbonyl (C=O) groups is 1. The Labute approximate surface area is 163 Å². The molecule has 0 unspecified atom stereocenters. The van der Waals surface area contributed by atoms with Crippen molar-refractivity contribution in [3.05, 3.63) is 35.9 Å². The first-order valence-electron chi connectivity index (χ1n) is 8.44. The first kappa shape index (κ1) is 22.7. The van der Waals surface area contributed by atoms with Gasteiger partial charge in [-0.05, 0) is 11.5 Å². The van der Waals surface area contributed by atoms with E-state index in [4.69, 9.17) is 0 Å². The summed E-state index contributed by atoms with van der Waals surface area (Å²) in [7, 11) is 1.75. The zero-order valence-electron chi connectivity index (χ0n) is 15.0. The summed E-state index contributed by atoms with van der Waals surface area (Å²) in [6.45, 7) is 6.45. The van der Waals surface area contributed by atoms with Crippen molar-refractivity contribution in [2.75, 3.05) is 20.1 Å². The van der Waals surface area contributed by atoms with Gasteiger partial charge in [0.1, 0.15) is 0 Å². The standard InChI is InChI=1S/C18H30N4O.HI/c1-4-15(5-2)13-22-18(19-3)20-12-11-17(23)21-14-16-9-7-6-8-10-16;/h6-10,15H,4-5,11-14H2,1-3H3,(H,21,23)(H2,19,20,22);1H. The molecule has 0 bridgehead atoms. The van der Waals surface area contributed by atoms with Gasteiger partial charge in [0, 0.05) is 33.1 Å². The number of guanidine groups is 1. The molecule has 0 aromatic heterocycles. The van der Waals surface area contributed by atoms with Gasteiger partial charge in [-0.2, -0.15) is 0 Å². The van der Waals surface area contributed by atoms with Gasteiger partial charge in [-0.1, -0.05) is 57.0 Å². The van der Waals surface area contributed by atoms with Gasteiger partial charge in [-0.25, -0.2) is 0 Å². The Hall–Kier alpha value is -1.31. The van der Waals surface area contributed by atoms with Crippen LogP contribution in [0.4, 0.5) is 0 Å². The molecule has 136 valence electrons. The predicted octanol–water partition coefficient (Wildman–Crippen LogP) is 2.91. The van der Waals surface area contributed by atoms with Gasteiger partial charge in [0.05, 0.1) is 0 Å². The molecule has 0 atom stereocenters. The molecule has 0 spiro atoms. The molecule has 5 nitrogen and oxygen atoms in total. The highest BCUT2D eigenvalue weighted by molar-refractivity contribution is 14.0. The molecule has 3 N–H and O–H groups in total. The van der Waals surface area contributed by atoms with Crippen LogP contribution in [0.15, 0.2) is 35.3 Å². The van der Waals surface area contributed by atoms with Gasteiger partial charge in [-0.15, -0.1) is 24.0 Å². The Morgan fingerprint density at radius 1 is 1.08 bits per heavy atom. The molecule has 24 heavy (non-hydrogen) atoms. The molecule has 0 aliphatic carbocycles. The Bertz CT molecular complexity index is 475. The van der Waals surface area contributed by atoms with Crippen molar-refractivity contribution in [1.29, 1.82) is 0 Å². The highest BCUT2D eigenvalue weighted by Crippen LogP contribution is 2.04. The number of hydrogen-bond donors (Lipinski definition) is 3. The number of hydrogen-bond acceptors (Lipinski definition) is 2. The van der Waals surface area contributed by atoms with Crippen molar-refractivity contribution >= 4 is 35.8 Å². The summed E-state index contributed by atoms with van der Waals surface area (Å²) in [5.74, 6) is 1.45. The van der Waals surface area contributed by atoms with Crippen molar-refractivity contribution in [3.63, 3.8) is 0 Å². The molecule has 1 rings (SSSR count). The van der Waals surface area contributed by atoms with Crippen LogP contribution in [0.2, 0.25) is 0 Å². The summed E-state index contributed by atoms with van der Waals surface area (Å²) in [6.07, 6.45) is 2.74. The fraction of sp³-hybridized carbons (Fsp3) is 0.556. The van der Waals surface area contributed by atoms with Crippen LogP contribution >= 0.6 is 24.0 Å². The summed E-state index contributed by atoms with van der Waals surface area (Å²) >= 11 is 0. The van der Waals surface area contributed by atoms with Crippen LogP contribution in [0, 0.1) is 5.92 Å². The number of halogens is 1. The fourth-order valence-corrected chi connectivity index (χ4v) is 2.22. The summed E-state index contributed by atoms with van der Waals surface area (Å²) in [5, 5.41) is 9.41. The number of rotatable bonds is 9. The molecule has 0 fully saturated rings. The van der Waals surface area contributed by atoms with E-state index >= 15 is 0 Å². The van der Waals surface area contributed by atoms with Gasteiger partial charge in [0.25, 0.3) is 0 Å². The highest BCUT2D eigenvalue weighted by atomic mass is 127. The van der Waals surface area contributed by atoms with E-state index in [1.165, 1.54) is 0 Å². The molecule has 0 aliphatic rings. The molecular weight excluding hydrogens is 415 g/mol. The maximum Gasteiger partial charge on any atom is 0.222 e. The van der Waals surface area contributed by atoms with Crippen LogP contribution in [0.1, 0.15) is 38.7 Å². The van der Waals surface area contributed by atoms with E-state index in [-0.39, 0.29) is 29.9 Å². The zero-order valence-corrected chi connectivity index (χ0v) is 17.3. The molecule has 1 amide bonds. The first-order chi connectivity index (χ1) is 11.2. The topological polar surface area (TPSA) is 65.5 Å². The Kier molecular flexibility index (Phi) is 13.3. The van der Waals surface area contributed by atoms with Crippen LogP contribution in [-0.2, 0) is 11.3 Å².